The fourth-order valence-electron chi connectivity index (χ4n) is 2.25. The molecule has 4 aromatic heterocycles. The van der Waals surface area contributed by atoms with Gasteiger partial charge in [0.05, 0.1) is 32.6 Å². The number of aromatic amines is 2. The van der Waals surface area contributed by atoms with E-state index in [9.17, 15) is 9.59 Å². The van der Waals surface area contributed by atoms with Gasteiger partial charge in [0, 0.05) is 12.1 Å². The number of hydrogen-bond donors (Lipinski definition) is 6. The minimum Gasteiger partial charge on any atom is -0.308 e. The van der Waals surface area contributed by atoms with Gasteiger partial charge < -0.3 is 10.6 Å². The van der Waals surface area contributed by atoms with E-state index >= 15 is 0 Å². The van der Waals surface area contributed by atoms with Gasteiger partial charge in [-0.05, 0) is 22.9 Å². The van der Waals surface area contributed by atoms with E-state index in [2.05, 4.69) is 56.3 Å². The molecule has 0 aliphatic heterocycles. The standard InChI is InChI=1S/2C9H9N3OS2/c2*13-9(5-14)10-8-4-6(11-12-8)7-2-1-3-15-7/h2*1-4,14H,5H2,(H2,10,11,12,13). The van der Waals surface area contributed by atoms with E-state index in [1.54, 1.807) is 34.8 Å². The van der Waals surface area contributed by atoms with Crippen molar-refractivity contribution in [2.45, 2.75) is 0 Å². The normalized spacial score (nSPS) is 10.2. The summed E-state index contributed by atoms with van der Waals surface area (Å²) in [4.78, 5) is 24.3. The Morgan fingerprint density at radius 1 is 0.833 bits per heavy atom. The molecular formula is C18H18N6O2S4. The van der Waals surface area contributed by atoms with Crippen molar-refractivity contribution in [3.63, 3.8) is 0 Å². The molecule has 156 valence electrons. The Morgan fingerprint density at radius 2 is 1.27 bits per heavy atom. The summed E-state index contributed by atoms with van der Waals surface area (Å²) in [5.74, 6) is 1.03. The van der Waals surface area contributed by atoms with Gasteiger partial charge >= 0.3 is 0 Å². The van der Waals surface area contributed by atoms with Crippen LogP contribution in [-0.4, -0.2) is 43.7 Å². The maximum atomic E-state index is 11.0. The first kappa shape index (κ1) is 22.2. The van der Waals surface area contributed by atoms with Crippen molar-refractivity contribution in [2.75, 3.05) is 22.1 Å². The van der Waals surface area contributed by atoms with Crippen LogP contribution in [0.3, 0.4) is 0 Å². The number of carbonyl (C=O) groups is 2. The number of carbonyl (C=O) groups excluding carboxylic acids is 2. The van der Waals surface area contributed by atoms with Gasteiger partial charge in [0.25, 0.3) is 0 Å². The topological polar surface area (TPSA) is 116 Å². The van der Waals surface area contributed by atoms with Gasteiger partial charge in [-0.25, -0.2) is 0 Å². The summed E-state index contributed by atoms with van der Waals surface area (Å²) in [5.41, 5.74) is 1.80. The zero-order chi connectivity index (χ0) is 21.3. The minimum atomic E-state index is -0.164. The number of thiol groups is 2. The molecule has 0 saturated carbocycles. The lowest BCUT2D eigenvalue weighted by atomic mass is 10.3. The number of rotatable bonds is 6. The molecule has 12 heteroatoms. The number of amides is 2. The Hall–Kier alpha value is -2.54. The molecule has 8 nitrogen and oxygen atoms in total. The number of aromatic nitrogens is 4. The first-order valence-corrected chi connectivity index (χ1v) is 11.6. The number of H-pyrrole nitrogens is 2. The third-order valence-corrected chi connectivity index (χ3v) is 5.93. The van der Waals surface area contributed by atoms with E-state index in [0.29, 0.717) is 11.6 Å². The van der Waals surface area contributed by atoms with Crippen LogP contribution in [0.2, 0.25) is 0 Å². The zero-order valence-electron chi connectivity index (χ0n) is 15.5. The van der Waals surface area contributed by atoms with Gasteiger partial charge in [0.2, 0.25) is 11.8 Å². The molecule has 2 amide bonds. The highest BCUT2D eigenvalue weighted by Crippen LogP contribution is 2.25. The summed E-state index contributed by atoms with van der Waals surface area (Å²) >= 11 is 11.0. The van der Waals surface area contributed by atoms with Crippen molar-refractivity contribution >= 4 is 71.4 Å². The van der Waals surface area contributed by atoms with Crippen LogP contribution in [0.1, 0.15) is 0 Å². The van der Waals surface area contributed by atoms with Gasteiger partial charge in [-0.2, -0.15) is 35.5 Å². The first-order valence-electron chi connectivity index (χ1n) is 8.59. The Labute approximate surface area is 191 Å². The summed E-state index contributed by atoms with van der Waals surface area (Å²) in [6.45, 7) is 0. The van der Waals surface area contributed by atoms with E-state index in [4.69, 9.17) is 0 Å². The third-order valence-electron chi connectivity index (χ3n) is 3.55. The second-order valence-electron chi connectivity index (χ2n) is 5.70. The summed E-state index contributed by atoms with van der Waals surface area (Å²) in [6, 6.07) is 11.5. The lowest BCUT2D eigenvalue weighted by molar-refractivity contribution is -0.114. The van der Waals surface area contributed by atoms with Crippen molar-refractivity contribution in [1.29, 1.82) is 0 Å². The highest BCUT2D eigenvalue weighted by Gasteiger charge is 2.07. The fraction of sp³-hybridized carbons (Fsp3) is 0.111. The van der Waals surface area contributed by atoms with Crippen LogP contribution in [0, 0.1) is 0 Å². The predicted octanol–water partition coefficient (Wildman–Crippen LogP) is 4.01. The van der Waals surface area contributed by atoms with Crippen LogP contribution < -0.4 is 10.6 Å². The van der Waals surface area contributed by atoms with E-state index < -0.39 is 0 Å². The molecule has 0 bridgehead atoms. The van der Waals surface area contributed by atoms with Crippen molar-refractivity contribution in [1.82, 2.24) is 20.4 Å². The molecule has 0 aliphatic carbocycles. The molecule has 4 N–H and O–H groups in total. The molecule has 0 aliphatic rings. The van der Waals surface area contributed by atoms with Crippen molar-refractivity contribution in [2.24, 2.45) is 0 Å². The summed E-state index contributed by atoms with van der Waals surface area (Å²) in [7, 11) is 0. The Balaban J connectivity index is 0.000000171. The van der Waals surface area contributed by atoms with Gasteiger partial charge in [0.1, 0.15) is 0 Å². The zero-order valence-corrected chi connectivity index (χ0v) is 18.9. The van der Waals surface area contributed by atoms with Crippen LogP contribution in [0.25, 0.3) is 21.1 Å². The molecule has 0 atom stereocenters. The van der Waals surface area contributed by atoms with Crippen molar-refractivity contribution in [3.8, 4) is 21.1 Å². The maximum absolute atomic E-state index is 11.0. The summed E-state index contributed by atoms with van der Waals surface area (Å²) in [6.07, 6.45) is 0. The lowest BCUT2D eigenvalue weighted by Crippen LogP contribution is -2.12. The van der Waals surface area contributed by atoms with Crippen LogP contribution in [0.15, 0.2) is 47.2 Å². The SMILES string of the molecule is O=C(CS)Nc1cc(-c2cccs2)[nH]n1.O=C(CS)Nc1cc(-c2cccs2)[nH]n1. The number of nitrogens with one attached hydrogen (secondary N) is 4. The molecular weight excluding hydrogens is 461 g/mol. The Bertz CT molecular complexity index is 986. The molecule has 0 aromatic carbocycles. The predicted molar refractivity (Wildman–Crippen MR) is 129 cm³/mol. The smallest absolute Gasteiger partial charge is 0.235 e. The molecule has 0 unspecified atom stereocenters. The Morgan fingerprint density at radius 3 is 1.60 bits per heavy atom. The average molecular weight is 479 g/mol. The van der Waals surface area contributed by atoms with Gasteiger partial charge in [-0.1, -0.05) is 12.1 Å². The van der Waals surface area contributed by atoms with E-state index in [-0.39, 0.29) is 23.3 Å². The lowest BCUT2D eigenvalue weighted by Gasteiger charge is -1.95. The van der Waals surface area contributed by atoms with E-state index in [1.165, 1.54) is 0 Å². The monoisotopic (exact) mass is 478 g/mol. The number of anilines is 2. The number of hydrogen-bond acceptors (Lipinski definition) is 8. The third kappa shape index (κ3) is 6.23. The summed E-state index contributed by atoms with van der Waals surface area (Å²) in [5, 5.41) is 22.9. The molecule has 0 saturated heterocycles. The highest BCUT2D eigenvalue weighted by atomic mass is 32.1. The van der Waals surface area contributed by atoms with Crippen LogP contribution in [0.5, 0.6) is 0 Å². The molecule has 0 fully saturated rings. The van der Waals surface area contributed by atoms with Crippen LogP contribution in [-0.2, 0) is 9.59 Å². The molecule has 4 rings (SSSR count). The summed E-state index contributed by atoms with van der Waals surface area (Å²) < 4.78 is 0. The first-order chi connectivity index (χ1) is 14.6. The van der Waals surface area contributed by atoms with Crippen LogP contribution >= 0.6 is 47.9 Å². The molecule has 0 radical (unpaired) electrons. The van der Waals surface area contributed by atoms with E-state index in [1.807, 2.05) is 35.0 Å². The van der Waals surface area contributed by atoms with Gasteiger partial charge in [-0.15, -0.1) is 22.7 Å². The van der Waals surface area contributed by atoms with Crippen molar-refractivity contribution < 1.29 is 9.59 Å². The molecule has 4 heterocycles. The molecule has 0 spiro atoms. The van der Waals surface area contributed by atoms with Gasteiger partial charge in [-0.3, -0.25) is 19.8 Å². The highest BCUT2D eigenvalue weighted by molar-refractivity contribution is 7.81. The largest absolute Gasteiger partial charge is 0.308 e. The van der Waals surface area contributed by atoms with Crippen molar-refractivity contribution in [3.05, 3.63) is 47.2 Å². The fourth-order valence-corrected chi connectivity index (χ4v) is 3.80. The molecule has 30 heavy (non-hydrogen) atoms. The van der Waals surface area contributed by atoms with Gasteiger partial charge in [0.15, 0.2) is 11.6 Å². The second-order valence-corrected chi connectivity index (χ2v) is 8.23. The van der Waals surface area contributed by atoms with Crippen LogP contribution in [0.4, 0.5) is 11.6 Å². The maximum Gasteiger partial charge on any atom is 0.235 e. The quantitative estimate of drug-likeness (QED) is 0.235. The van der Waals surface area contributed by atoms with E-state index in [0.717, 1.165) is 21.1 Å². The Kier molecular flexibility index (Phi) is 8.13. The minimum absolute atomic E-state index is 0.154. The molecule has 4 aromatic rings. The number of nitrogens with zero attached hydrogens (tertiary/aromatic N) is 2. The number of thiophene rings is 2. The average Bonchev–Trinajstić information content (AvgIpc) is 3.55. The second kappa shape index (κ2) is 11.0.